The van der Waals surface area contributed by atoms with E-state index < -0.39 is 53.5 Å². The summed E-state index contributed by atoms with van der Waals surface area (Å²) < 4.78 is 31.5. The quantitative estimate of drug-likeness (QED) is 0.319. The number of hydrogen-bond acceptors (Lipinski definition) is 6. The second kappa shape index (κ2) is 12.8. The van der Waals surface area contributed by atoms with Crippen LogP contribution < -0.4 is 5.32 Å². The number of nitrogens with zero attached hydrogens (tertiary/aromatic N) is 2. The molecule has 3 heterocycles. The van der Waals surface area contributed by atoms with Crippen molar-refractivity contribution in [3.8, 4) is 0 Å². The molecule has 46 heavy (non-hydrogen) atoms. The van der Waals surface area contributed by atoms with Gasteiger partial charge in [-0.2, -0.15) is 0 Å². The number of halogens is 1. The van der Waals surface area contributed by atoms with Crippen LogP contribution in [0.5, 0.6) is 0 Å². The highest BCUT2D eigenvalue weighted by atomic mass is 19.1. The number of H-pyrrole nitrogens is 1. The number of carbonyl (C=O) groups is 3. The van der Waals surface area contributed by atoms with Gasteiger partial charge in [-0.15, -0.1) is 0 Å². The number of nitrogens with one attached hydrogen (secondary N) is 2. The first-order valence-corrected chi connectivity index (χ1v) is 15.5. The van der Waals surface area contributed by atoms with Crippen LogP contribution in [0, 0.1) is 5.82 Å². The lowest BCUT2D eigenvalue weighted by Crippen LogP contribution is -2.57. The highest BCUT2D eigenvalue weighted by Gasteiger charge is 2.52. The Morgan fingerprint density at radius 2 is 1.76 bits per heavy atom. The zero-order valence-electron chi connectivity index (χ0n) is 27.4. The standard InChI is InChI=1S/C35H43FN4O6/c1-21(45-34(2,3)4)29(38-32(42)46-35(5,6)7)31(41)39-16-15-28-30(39)26(25-18-37-27-17-23(36)13-14-24(25)27)19-40(28)33(43)44-20-22-11-9-8-10-12-22/h8-18,21,26,28-30,37H,19-20H2,1-7H3,(H,38,42). The van der Waals surface area contributed by atoms with E-state index in [0.717, 1.165) is 16.5 Å². The van der Waals surface area contributed by atoms with Gasteiger partial charge in [0.15, 0.2) is 0 Å². The minimum Gasteiger partial charge on any atom is -0.445 e. The van der Waals surface area contributed by atoms with Gasteiger partial charge in [0.05, 0.1) is 23.8 Å². The van der Waals surface area contributed by atoms with E-state index in [1.807, 2.05) is 51.1 Å². The fourth-order valence-corrected chi connectivity index (χ4v) is 6.25. The summed E-state index contributed by atoms with van der Waals surface area (Å²) in [6.07, 6.45) is 3.27. The van der Waals surface area contributed by atoms with Gasteiger partial charge in [-0.1, -0.05) is 30.3 Å². The Bertz CT molecular complexity index is 1610. The van der Waals surface area contributed by atoms with E-state index in [-0.39, 0.29) is 24.9 Å². The Balaban J connectivity index is 1.47. The molecule has 1 saturated heterocycles. The minimum atomic E-state index is -1.10. The Morgan fingerprint density at radius 3 is 2.43 bits per heavy atom. The summed E-state index contributed by atoms with van der Waals surface area (Å²) in [5.41, 5.74) is 0.907. The molecule has 3 amide bonds. The molecule has 246 valence electrons. The van der Waals surface area contributed by atoms with Gasteiger partial charge in [-0.25, -0.2) is 14.0 Å². The predicted octanol–water partition coefficient (Wildman–Crippen LogP) is 6.23. The van der Waals surface area contributed by atoms with Crippen LogP contribution in [-0.4, -0.2) is 74.9 Å². The fourth-order valence-electron chi connectivity index (χ4n) is 6.25. The first kappa shape index (κ1) is 33.0. The third kappa shape index (κ3) is 7.36. The number of alkyl carbamates (subject to hydrolysis) is 1. The van der Waals surface area contributed by atoms with Gasteiger partial charge < -0.3 is 29.4 Å². The molecule has 2 aromatic carbocycles. The first-order valence-electron chi connectivity index (χ1n) is 15.5. The van der Waals surface area contributed by atoms with Crippen LogP contribution in [0.2, 0.25) is 0 Å². The number of hydrogen-bond donors (Lipinski definition) is 2. The monoisotopic (exact) mass is 634 g/mol. The Labute approximate surface area is 268 Å². The highest BCUT2D eigenvalue weighted by molar-refractivity contribution is 5.89. The average Bonchev–Trinajstić information content (AvgIpc) is 3.67. The molecular weight excluding hydrogens is 591 g/mol. The van der Waals surface area contributed by atoms with Crippen LogP contribution >= 0.6 is 0 Å². The number of carbonyl (C=O) groups excluding carboxylic acids is 3. The number of amides is 3. The van der Waals surface area contributed by atoms with Crippen molar-refractivity contribution in [1.82, 2.24) is 20.1 Å². The van der Waals surface area contributed by atoms with Crippen LogP contribution in [-0.2, 0) is 25.6 Å². The van der Waals surface area contributed by atoms with Gasteiger partial charge in [0.1, 0.15) is 24.1 Å². The molecule has 0 bridgehead atoms. The number of aromatic amines is 1. The van der Waals surface area contributed by atoms with Gasteiger partial charge in [0, 0.05) is 35.8 Å². The van der Waals surface area contributed by atoms with E-state index in [4.69, 9.17) is 14.2 Å². The van der Waals surface area contributed by atoms with Crippen LogP contribution in [0.3, 0.4) is 0 Å². The smallest absolute Gasteiger partial charge is 0.410 e. The number of benzene rings is 2. The number of rotatable bonds is 7. The summed E-state index contributed by atoms with van der Waals surface area (Å²) in [6.45, 7) is 12.9. The molecular formula is C35H43FN4O6. The average molecular weight is 635 g/mol. The van der Waals surface area contributed by atoms with E-state index in [2.05, 4.69) is 10.3 Å². The van der Waals surface area contributed by atoms with Crippen LogP contribution in [0.15, 0.2) is 67.0 Å². The molecule has 11 heteroatoms. The number of likely N-dealkylation sites (tertiary alicyclic amines) is 1. The number of ether oxygens (including phenoxy) is 3. The van der Waals surface area contributed by atoms with Gasteiger partial charge in [0.2, 0.25) is 0 Å². The fraction of sp³-hybridized carbons (Fsp3) is 0.457. The lowest BCUT2D eigenvalue weighted by molar-refractivity contribution is -0.140. The third-order valence-electron chi connectivity index (χ3n) is 8.00. The largest absolute Gasteiger partial charge is 0.445 e. The number of aromatic nitrogens is 1. The zero-order valence-corrected chi connectivity index (χ0v) is 27.4. The second-order valence-electron chi connectivity index (χ2n) is 13.9. The maximum absolute atomic E-state index is 14.5. The third-order valence-corrected chi connectivity index (χ3v) is 8.00. The summed E-state index contributed by atoms with van der Waals surface area (Å²) in [4.78, 5) is 47.3. The predicted molar refractivity (Wildman–Crippen MR) is 171 cm³/mol. The van der Waals surface area contributed by atoms with Crippen LogP contribution in [0.4, 0.5) is 14.0 Å². The SMILES string of the molecule is CC(OC(C)(C)C)C(NC(=O)OC(C)(C)C)C(=O)N1C=CC2C1C(c1c[nH]c3cc(F)ccc13)CN2C(=O)OCc1ccccc1. The van der Waals surface area contributed by atoms with E-state index in [9.17, 15) is 18.8 Å². The summed E-state index contributed by atoms with van der Waals surface area (Å²) in [5.74, 6) is -1.16. The van der Waals surface area contributed by atoms with Crippen molar-refractivity contribution in [1.29, 1.82) is 0 Å². The normalized spacial score (nSPS) is 20.8. The van der Waals surface area contributed by atoms with Crippen molar-refractivity contribution in [2.24, 2.45) is 0 Å². The Hall–Kier alpha value is -4.38. The van der Waals surface area contributed by atoms with E-state index in [0.29, 0.717) is 5.52 Å². The van der Waals surface area contributed by atoms with E-state index in [1.165, 1.54) is 12.1 Å². The maximum atomic E-state index is 14.5. The molecule has 1 aromatic heterocycles. The van der Waals surface area contributed by atoms with Gasteiger partial charge in [-0.3, -0.25) is 9.69 Å². The summed E-state index contributed by atoms with van der Waals surface area (Å²) in [7, 11) is 0. The van der Waals surface area contributed by atoms with Crippen molar-refractivity contribution in [3.63, 3.8) is 0 Å². The van der Waals surface area contributed by atoms with E-state index in [1.54, 1.807) is 62.0 Å². The topological polar surface area (TPSA) is 113 Å². The van der Waals surface area contributed by atoms with Crippen LogP contribution in [0.25, 0.3) is 10.9 Å². The van der Waals surface area contributed by atoms with Gasteiger partial charge in [-0.05, 0) is 83.9 Å². The molecule has 10 nitrogen and oxygen atoms in total. The van der Waals surface area contributed by atoms with E-state index >= 15 is 0 Å². The van der Waals surface area contributed by atoms with Crippen molar-refractivity contribution < 1.29 is 33.0 Å². The molecule has 5 rings (SSSR count). The van der Waals surface area contributed by atoms with Crippen LogP contribution in [0.1, 0.15) is 65.5 Å². The van der Waals surface area contributed by atoms with Gasteiger partial charge in [0.25, 0.3) is 5.91 Å². The zero-order chi connectivity index (χ0) is 33.4. The number of fused-ring (bicyclic) bond motifs is 2. The Morgan fingerprint density at radius 1 is 1.04 bits per heavy atom. The van der Waals surface area contributed by atoms with Gasteiger partial charge >= 0.3 is 12.2 Å². The lowest BCUT2D eigenvalue weighted by Gasteiger charge is -2.35. The molecule has 0 saturated carbocycles. The minimum absolute atomic E-state index is 0.0977. The second-order valence-corrected chi connectivity index (χ2v) is 13.9. The molecule has 1 fully saturated rings. The molecule has 2 N–H and O–H groups in total. The van der Waals surface area contributed by atoms with Crippen molar-refractivity contribution in [3.05, 3.63) is 83.9 Å². The molecule has 5 atom stereocenters. The molecule has 2 aliphatic heterocycles. The van der Waals surface area contributed by atoms with Crippen molar-refractivity contribution in [2.45, 2.75) is 96.4 Å². The molecule has 0 spiro atoms. The summed E-state index contributed by atoms with van der Waals surface area (Å²) in [5, 5.41) is 3.53. The lowest BCUT2D eigenvalue weighted by atomic mass is 9.90. The highest BCUT2D eigenvalue weighted by Crippen LogP contribution is 2.42. The molecule has 5 unspecified atom stereocenters. The summed E-state index contributed by atoms with van der Waals surface area (Å²) in [6, 6.07) is 11.7. The molecule has 0 aliphatic carbocycles. The Kier molecular flexibility index (Phi) is 9.17. The first-order chi connectivity index (χ1) is 21.6. The van der Waals surface area contributed by atoms with Crippen molar-refractivity contribution in [2.75, 3.05) is 6.54 Å². The molecule has 3 aromatic rings. The molecule has 0 radical (unpaired) electrons. The summed E-state index contributed by atoms with van der Waals surface area (Å²) >= 11 is 0. The molecule has 2 aliphatic rings. The van der Waals surface area contributed by atoms with Crippen molar-refractivity contribution >= 4 is 29.0 Å². The maximum Gasteiger partial charge on any atom is 0.410 e.